The maximum Gasteiger partial charge on any atom is 0.356 e. The number of carbonyl (C=O) groups is 1. The second kappa shape index (κ2) is 3.94. The molecule has 5 nitrogen and oxygen atoms in total. The summed E-state index contributed by atoms with van der Waals surface area (Å²) in [6, 6.07) is 5.30. The number of nitrogens with zero attached hydrogens (tertiary/aromatic N) is 3. The van der Waals surface area contributed by atoms with E-state index in [9.17, 15) is 4.79 Å². The monoisotopic (exact) mass is 237 g/mol. The fourth-order valence-corrected chi connectivity index (χ4v) is 1.74. The van der Waals surface area contributed by atoms with Crippen LogP contribution < -0.4 is 0 Å². The first-order valence-corrected chi connectivity index (χ1v) is 4.88. The minimum atomic E-state index is -1.09. The zero-order chi connectivity index (χ0) is 11.7. The normalized spacial score (nSPS) is 10.4. The second-order valence-corrected chi connectivity index (χ2v) is 3.65. The quantitative estimate of drug-likeness (QED) is 0.867. The molecule has 0 atom stereocenters. The highest BCUT2D eigenvalue weighted by molar-refractivity contribution is 6.32. The molecule has 0 radical (unpaired) electrons. The molecule has 0 spiro atoms. The molecule has 1 aromatic carbocycles. The van der Waals surface area contributed by atoms with Gasteiger partial charge in [-0.15, -0.1) is 5.10 Å². The highest BCUT2D eigenvalue weighted by Crippen LogP contribution is 2.24. The maximum atomic E-state index is 10.9. The molecule has 0 aliphatic carbocycles. The highest BCUT2D eigenvalue weighted by atomic mass is 35.5. The number of carboxylic acid groups (broad SMARTS) is 1. The molecule has 0 bridgehead atoms. The van der Waals surface area contributed by atoms with Gasteiger partial charge in [0.05, 0.1) is 16.9 Å². The van der Waals surface area contributed by atoms with Gasteiger partial charge in [0.2, 0.25) is 0 Å². The summed E-state index contributed by atoms with van der Waals surface area (Å²) in [7, 11) is 0. The Kier molecular flexibility index (Phi) is 2.62. The van der Waals surface area contributed by atoms with Crippen LogP contribution in [-0.4, -0.2) is 26.1 Å². The zero-order valence-corrected chi connectivity index (χ0v) is 9.14. The standard InChI is InChI=1S/C10H8ClN3O2/c1-6-3-2-4-7(11)9(6)14-8(10(15)16)5-12-13-14/h2-5H,1H3,(H,15,16). The molecule has 1 heterocycles. The summed E-state index contributed by atoms with van der Waals surface area (Å²) in [6.45, 7) is 1.83. The molecule has 1 N–H and O–H groups in total. The Hall–Kier alpha value is -1.88. The van der Waals surface area contributed by atoms with E-state index in [0.717, 1.165) is 5.56 Å². The molecular formula is C10H8ClN3O2. The third-order valence-electron chi connectivity index (χ3n) is 2.17. The third kappa shape index (κ3) is 1.65. The number of aromatic nitrogens is 3. The lowest BCUT2D eigenvalue weighted by Gasteiger charge is -2.08. The number of hydrogen-bond acceptors (Lipinski definition) is 3. The van der Waals surface area contributed by atoms with E-state index in [4.69, 9.17) is 16.7 Å². The number of hydrogen-bond donors (Lipinski definition) is 1. The molecular weight excluding hydrogens is 230 g/mol. The van der Waals surface area contributed by atoms with Crippen molar-refractivity contribution in [3.8, 4) is 5.69 Å². The average molecular weight is 238 g/mol. The van der Waals surface area contributed by atoms with E-state index in [1.807, 2.05) is 13.0 Å². The molecule has 0 saturated carbocycles. The van der Waals surface area contributed by atoms with Crippen molar-refractivity contribution in [1.29, 1.82) is 0 Å². The predicted molar refractivity (Wildman–Crippen MR) is 58.1 cm³/mol. The van der Waals surface area contributed by atoms with Crippen LogP contribution in [-0.2, 0) is 0 Å². The van der Waals surface area contributed by atoms with Gasteiger partial charge in [-0.1, -0.05) is 28.9 Å². The Morgan fingerprint density at radius 3 is 2.88 bits per heavy atom. The maximum absolute atomic E-state index is 10.9. The summed E-state index contributed by atoms with van der Waals surface area (Å²) >= 11 is 6.02. The van der Waals surface area contributed by atoms with Gasteiger partial charge < -0.3 is 5.11 Å². The molecule has 6 heteroatoms. The van der Waals surface area contributed by atoms with Crippen molar-refractivity contribution >= 4 is 17.6 Å². The Morgan fingerprint density at radius 1 is 1.50 bits per heavy atom. The Balaban J connectivity index is 2.68. The minimum absolute atomic E-state index is 0.0174. The molecule has 82 valence electrons. The minimum Gasteiger partial charge on any atom is -0.476 e. The number of para-hydroxylation sites is 1. The van der Waals surface area contributed by atoms with E-state index in [2.05, 4.69) is 10.3 Å². The molecule has 0 amide bonds. The van der Waals surface area contributed by atoms with Crippen LogP contribution in [0.25, 0.3) is 5.69 Å². The van der Waals surface area contributed by atoms with Gasteiger partial charge >= 0.3 is 5.97 Å². The lowest BCUT2D eigenvalue weighted by molar-refractivity contribution is 0.0687. The largest absolute Gasteiger partial charge is 0.476 e. The Morgan fingerprint density at radius 2 is 2.25 bits per heavy atom. The summed E-state index contributed by atoms with van der Waals surface area (Å²) in [5.74, 6) is -1.09. The van der Waals surface area contributed by atoms with E-state index >= 15 is 0 Å². The van der Waals surface area contributed by atoms with Crippen molar-refractivity contribution in [2.75, 3.05) is 0 Å². The molecule has 2 aromatic rings. The molecule has 0 aliphatic rings. The van der Waals surface area contributed by atoms with E-state index in [1.54, 1.807) is 12.1 Å². The van der Waals surface area contributed by atoms with E-state index in [1.165, 1.54) is 10.9 Å². The molecule has 0 unspecified atom stereocenters. The molecule has 0 aliphatic heterocycles. The lowest BCUT2D eigenvalue weighted by atomic mass is 10.2. The van der Waals surface area contributed by atoms with Crippen molar-refractivity contribution in [1.82, 2.24) is 15.0 Å². The van der Waals surface area contributed by atoms with Crippen LogP contribution in [0.15, 0.2) is 24.4 Å². The van der Waals surface area contributed by atoms with Gasteiger partial charge in [0.25, 0.3) is 0 Å². The van der Waals surface area contributed by atoms with E-state index < -0.39 is 5.97 Å². The summed E-state index contributed by atoms with van der Waals surface area (Å²) < 4.78 is 1.22. The number of aryl methyl sites for hydroxylation is 1. The number of carboxylic acids is 1. The SMILES string of the molecule is Cc1cccc(Cl)c1-n1nncc1C(=O)O. The smallest absolute Gasteiger partial charge is 0.356 e. The highest BCUT2D eigenvalue weighted by Gasteiger charge is 2.16. The Bertz CT molecular complexity index is 530. The fourth-order valence-electron chi connectivity index (χ4n) is 1.44. The van der Waals surface area contributed by atoms with Crippen molar-refractivity contribution < 1.29 is 9.90 Å². The topological polar surface area (TPSA) is 68.0 Å². The Labute approximate surface area is 96.3 Å². The molecule has 0 saturated heterocycles. The first kappa shape index (κ1) is 10.6. The molecule has 2 rings (SSSR count). The van der Waals surface area contributed by atoms with Gasteiger partial charge in [0, 0.05) is 0 Å². The summed E-state index contributed by atoms with van der Waals surface area (Å²) in [4.78, 5) is 10.9. The second-order valence-electron chi connectivity index (χ2n) is 3.24. The van der Waals surface area contributed by atoms with Gasteiger partial charge in [-0.25, -0.2) is 9.48 Å². The first-order chi connectivity index (χ1) is 7.61. The summed E-state index contributed by atoms with van der Waals surface area (Å²) in [6.07, 6.45) is 1.19. The van der Waals surface area contributed by atoms with E-state index in [-0.39, 0.29) is 5.69 Å². The van der Waals surface area contributed by atoms with Crippen molar-refractivity contribution in [3.63, 3.8) is 0 Å². The van der Waals surface area contributed by atoms with Gasteiger partial charge in [-0.3, -0.25) is 0 Å². The lowest BCUT2D eigenvalue weighted by Crippen LogP contribution is -2.09. The van der Waals surface area contributed by atoms with Crippen molar-refractivity contribution in [3.05, 3.63) is 40.7 Å². The van der Waals surface area contributed by atoms with Crippen LogP contribution in [0.2, 0.25) is 5.02 Å². The van der Waals surface area contributed by atoms with Crippen LogP contribution >= 0.6 is 11.6 Å². The molecule has 0 fully saturated rings. The molecule has 16 heavy (non-hydrogen) atoms. The van der Waals surface area contributed by atoms with Crippen molar-refractivity contribution in [2.45, 2.75) is 6.92 Å². The number of aromatic carboxylic acids is 1. The predicted octanol–water partition coefficient (Wildman–Crippen LogP) is 1.93. The van der Waals surface area contributed by atoms with Crippen molar-refractivity contribution in [2.24, 2.45) is 0 Å². The van der Waals surface area contributed by atoms with Gasteiger partial charge in [-0.05, 0) is 18.6 Å². The zero-order valence-electron chi connectivity index (χ0n) is 8.38. The third-order valence-corrected chi connectivity index (χ3v) is 2.47. The average Bonchev–Trinajstić information content (AvgIpc) is 2.66. The number of halogens is 1. The van der Waals surface area contributed by atoms with Gasteiger partial charge in [0.15, 0.2) is 5.69 Å². The van der Waals surface area contributed by atoms with Gasteiger partial charge in [-0.2, -0.15) is 0 Å². The van der Waals surface area contributed by atoms with Gasteiger partial charge in [0.1, 0.15) is 0 Å². The van der Waals surface area contributed by atoms with Crippen LogP contribution in [0.1, 0.15) is 16.1 Å². The van der Waals surface area contributed by atoms with Crippen LogP contribution in [0.4, 0.5) is 0 Å². The fraction of sp³-hybridized carbons (Fsp3) is 0.100. The number of rotatable bonds is 2. The van der Waals surface area contributed by atoms with Crippen LogP contribution in [0, 0.1) is 6.92 Å². The summed E-state index contributed by atoms with van der Waals surface area (Å²) in [5, 5.41) is 16.7. The summed E-state index contributed by atoms with van der Waals surface area (Å²) in [5.41, 5.74) is 1.36. The van der Waals surface area contributed by atoms with E-state index in [0.29, 0.717) is 10.7 Å². The van der Waals surface area contributed by atoms with Crippen LogP contribution in [0.5, 0.6) is 0 Å². The number of benzene rings is 1. The first-order valence-electron chi connectivity index (χ1n) is 4.50. The molecule has 1 aromatic heterocycles. The van der Waals surface area contributed by atoms with Crippen LogP contribution in [0.3, 0.4) is 0 Å².